The number of halogens is 2. The third-order valence-electron chi connectivity index (χ3n) is 2.86. The Labute approximate surface area is 121 Å². The van der Waals surface area contributed by atoms with Gasteiger partial charge in [-0.05, 0) is 35.9 Å². The predicted octanol–water partition coefficient (Wildman–Crippen LogP) is 3.37. The normalized spacial score (nSPS) is 10.4. The van der Waals surface area contributed by atoms with Crippen molar-refractivity contribution in [2.75, 3.05) is 13.7 Å². The minimum Gasteiger partial charge on any atom is -0.497 e. The van der Waals surface area contributed by atoms with Crippen molar-refractivity contribution in [1.82, 2.24) is 0 Å². The second kappa shape index (κ2) is 6.95. The van der Waals surface area contributed by atoms with Gasteiger partial charge in [0.15, 0.2) is 5.78 Å². The van der Waals surface area contributed by atoms with Gasteiger partial charge in [0.25, 0.3) is 0 Å². The van der Waals surface area contributed by atoms with Gasteiger partial charge in [0, 0.05) is 0 Å². The summed E-state index contributed by atoms with van der Waals surface area (Å²) in [6, 6.07) is 9.92. The maximum Gasteiger partial charge on any atom is 0.191 e. The molecule has 21 heavy (non-hydrogen) atoms. The van der Waals surface area contributed by atoms with Gasteiger partial charge in [-0.15, -0.1) is 0 Å². The fourth-order valence-corrected chi connectivity index (χ4v) is 1.81. The Morgan fingerprint density at radius 1 is 1.14 bits per heavy atom. The molecule has 0 aliphatic heterocycles. The van der Waals surface area contributed by atoms with E-state index in [1.165, 1.54) is 0 Å². The van der Waals surface area contributed by atoms with Gasteiger partial charge in [0.2, 0.25) is 0 Å². The molecule has 0 saturated carbocycles. The van der Waals surface area contributed by atoms with Crippen molar-refractivity contribution in [3.05, 3.63) is 65.2 Å². The van der Waals surface area contributed by atoms with E-state index >= 15 is 0 Å². The molecule has 0 atom stereocenters. The van der Waals surface area contributed by atoms with Crippen LogP contribution in [0.3, 0.4) is 0 Å². The van der Waals surface area contributed by atoms with Gasteiger partial charge < -0.3 is 9.47 Å². The Balaban J connectivity index is 1.93. The first-order chi connectivity index (χ1) is 10.1. The van der Waals surface area contributed by atoms with E-state index in [-0.39, 0.29) is 18.8 Å². The molecule has 0 fully saturated rings. The Bertz CT molecular complexity index is 641. The monoisotopic (exact) mass is 292 g/mol. The molecule has 0 unspecified atom stereocenters. The van der Waals surface area contributed by atoms with Crippen LogP contribution >= 0.6 is 0 Å². The Hall–Kier alpha value is -2.27. The Morgan fingerprint density at radius 3 is 2.71 bits per heavy atom. The summed E-state index contributed by atoms with van der Waals surface area (Å²) >= 11 is 0. The number of hydrogen-bond donors (Lipinski definition) is 0. The number of ether oxygens (including phenoxy) is 2. The van der Waals surface area contributed by atoms with Crippen LogP contribution in [0.25, 0.3) is 0 Å². The lowest BCUT2D eigenvalue weighted by atomic mass is 10.1. The second-order valence-electron chi connectivity index (χ2n) is 4.39. The molecule has 0 aromatic heterocycles. The first-order valence-corrected chi connectivity index (χ1v) is 6.29. The Kier molecular flexibility index (Phi) is 5.00. The molecule has 0 spiro atoms. The highest BCUT2D eigenvalue weighted by Gasteiger charge is 2.13. The van der Waals surface area contributed by atoms with E-state index in [0.29, 0.717) is 5.75 Å². The lowest BCUT2D eigenvalue weighted by Crippen LogP contribution is -2.11. The van der Waals surface area contributed by atoms with Crippen LogP contribution in [0.5, 0.6) is 5.75 Å². The number of rotatable bonds is 6. The number of methoxy groups -OCH3 is 1. The van der Waals surface area contributed by atoms with E-state index in [1.807, 2.05) is 6.07 Å². The zero-order chi connectivity index (χ0) is 15.2. The van der Waals surface area contributed by atoms with E-state index < -0.39 is 17.4 Å². The van der Waals surface area contributed by atoms with Crippen LogP contribution in [0.15, 0.2) is 42.5 Å². The van der Waals surface area contributed by atoms with Crippen molar-refractivity contribution in [2.24, 2.45) is 0 Å². The number of benzene rings is 2. The SMILES string of the molecule is COc1cccc(COCC(=O)c2cc(F)ccc2F)c1. The standard InChI is InChI=1S/C16H14F2O3/c1-20-13-4-2-3-11(7-13)9-21-10-16(19)14-8-12(17)5-6-15(14)18/h2-8H,9-10H2,1H3. The van der Waals surface area contributed by atoms with Crippen LogP contribution in [0.2, 0.25) is 0 Å². The molecule has 110 valence electrons. The van der Waals surface area contributed by atoms with Gasteiger partial charge >= 0.3 is 0 Å². The zero-order valence-electron chi connectivity index (χ0n) is 11.4. The fourth-order valence-electron chi connectivity index (χ4n) is 1.81. The van der Waals surface area contributed by atoms with Crippen molar-refractivity contribution in [2.45, 2.75) is 6.61 Å². The topological polar surface area (TPSA) is 35.5 Å². The van der Waals surface area contributed by atoms with Crippen LogP contribution in [0, 0.1) is 11.6 Å². The molecule has 0 amide bonds. The van der Waals surface area contributed by atoms with Crippen LogP contribution in [-0.2, 0) is 11.3 Å². The smallest absolute Gasteiger partial charge is 0.191 e. The maximum atomic E-state index is 13.4. The maximum absolute atomic E-state index is 13.4. The van der Waals surface area contributed by atoms with Gasteiger partial charge in [-0.25, -0.2) is 8.78 Å². The van der Waals surface area contributed by atoms with Crippen molar-refractivity contribution in [3.63, 3.8) is 0 Å². The van der Waals surface area contributed by atoms with E-state index in [2.05, 4.69) is 0 Å². The number of hydrogen-bond acceptors (Lipinski definition) is 3. The van der Waals surface area contributed by atoms with Gasteiger partial charge in [0.1, 0.15) is 24.0 Å². The third kappa shape index (κ3) is 4.10. The Morgan fingerprint density at radius 2 is 1.95 bits per heavy atom. The number of Topliss-reactive ketones (excluding diaryl/α,β-unsaturated/α-hetero) is 1. The van der Waals surface area contributed by atoms with Crippen molar-refractivity contribution >= 4 is 5.78 Å². The number of carbonyl (C=O) groups is 1. The summed E-state index contributed by atoms with van der Waals surface area (Å²) in [6.45, 7) is -0.141. The van der Waals surface area contributed by atoms with Crippen molar-refractivity contribution in [3.8, 4) is 5.75 Å². The third-order valence-corrected chi connectivity index (χ3v) is 2.86. The lowest BCUT2D eigenvalue weighted by Gasteiger charge is -2.06. The highest BCUT2D eigenvalue weighted by atomic mass is 19.1. The molecule has 2 rings (SSSR count). The molecule has 5 heteroatoms. The molecule has 3 nitrogen and oxygen atoms in total. The quantitative estimate of drug-likeness (QED) is 0.766. The summed E-state index contributed by atoms with van der Waals surface area (Å²) in [5.74, 6) is -1.34. The molecule has 2 aromatic rings. The van der Waals surface area contributed by atoms with Crippen LogP contribution in [0.1, 0.15) is 15.9 Å². The second-order valence-corrected chi connectivity index (χ2v) is 4.39. The molecule has 0 bridgehead atoms. The summed E-state index contributed by atoms with van der Waals surface area (Å²) in [6.07, 6.45) is 0. The first-order valence-electron chi connectivity index (χ1n) is 6.29. The molecule has 0 aliphatic carbocycles. The molecule has 0 saturated heterocycles. The van der Waals surface area contributed by atoms with E-state index in [9.17, 15) is 13.6 Å². The molecule has 0 aliphatic rings. The van der Waals surface area contributed by atoms with Crippen LogP contribution in [0.4, 0.5) is 8.78 Å². The van der Waals surface area contributed by atoms with Gasteiger partial charge in [-0.1, -0.05) is 12.1 Å². The summed E-state index contributed by atoms with van der Waals surface area (Å²) < 4.78 is 36.7. The largest absolute Gasteiger partial charge is 0.497 e. The average molecular weight is 292 g/mol. The van der Waals surface area contributed by atoms with E-state index in [1.54, 1.807) is 25.3 Å². The van der Waals surface area contributed by atoms with Gasteiger partial charge in [0.05, 0.1) is 19.3 Å². The predicted molar refractivity (Wildman–Crippen MR) is 73.3 cm³/mol. The zero-order valence-corrected chi connectivity index (χ0v) is 11.4. The number of carbonyl (C=O) groups excluding carboxylic acids is 1. The van der Waals surface area contributed by atoms with Crippen LogP contribution in [-0.4, -0.2) is 19.5 Å². The minimum absolute atomic E-state index is 0.180. The first kappa shape index (κ1) is 15.1. The summed E-state index contributed by atoms with van der Waals surface area (Å²) in [4.78, 5) is 11.8. The lowest BCUT2D eigenvalue weighted by molar-refractivity contribution is 0.0722. The number of ketones is 1. The molecule has 2 aromatic carbocycles. The molecule has 0 heterocycles. The molecular weight excluding hydrogens is 278 g/mol. The van der Waals surface area contributed by atoms with Gasteiger partial charge in [-0.2, -0.15) is 0 Å². The van der Waals surface area contributed by atoms with Crippen molar-refractivity contribution < 1.29 is 23.0 Å². The summed E-state index contributed by atoms with van der Waals surface area (Å²) in [5.41, 5.74) is 0.516. The van der Waals surface area contributed by atoms with E-state index in [4.69, 9.17) is 9.47 Å². The molecule has 0 N–H and O–H groups in total. The molecular formula is C16H14F2O3. The fraction of sp³-hybridized carbons (Fsp3) is 0.188. The van der Waals surface area contributed by atoms with Gasteiger partial charge in [-0.3, -0.25) is 4.79 Å². The highest BCUT2D eigenvalue weighted by molar-refractivity contribution is 5.97. The summed E-state index contributed by atoms with van der Waals surface area (Å²) in [5, 5.41) is 0. The summed E-state index contributed by atoms with van der Waals surface area (Å²) in [7, 11) is 1.55. The average Bonchev–Trinajstić information content (AvgIpc) is 2.49. The minimum atomic E-state index is -0.758. The van der Waals surface area contributed by atoms with Crippen molar-refractivity contribution in [1.29, 1.82) is 0 Å². The molecule has 0 radical (unpaired) electrons. The van der Waals surface area contributed by atoms with E-state index in [0.717, 1.165) is 23.8 Å². The van der Waals surface area contributed by atoms with Crippen LogP contribution < -0.4 is 4.74 Å². The highest BCUT2D eigenvalue weighted by Crippen LogP contribution is 2.14.